The maximum absolute atomic E-state index is 14.1. The van der Waals surface area contributed by atoms with E-state index in [4.69, 9.17) is 11.6 Å². The molecule has 2 heterocycles. The maximum Gasteiger partial charge on any atom is 0.310 e. The lowest BCUT2D eigenvalue weighted by Gasteiger charge is -2.28. The molecule has 0 aliphatic carbocycles. The summed E-state index contributed by atoms with van der Waals surface area (Å²) in [5.41, 5.74) is -0.774. The predicted molar refractivity (Wildman–Crippen MR) is 85.6 cm³/mol. The topological polar surface area (TPSA) is 68.4 Å². The van der Waals surface area contributed by atoms with Crippen LogP contribution in [0.1, 0.15) is 6.42 Å². The Labute approximate surface area is 135 Å². The molecule has 0 saturated carbocycles. The van der Waals surface area contributed by atoms with E-state index in [0.717, 1.165) is 12.1 Å². The SMILES string of the molecule is CN1CCCn2c1c([N+](=O)[O-])cc(-c1cc(Cl)ccc1F)c2=O. The van der Waals surface area contributed by atoms with Crippen LogP contribution >= 0.6 is 11.6 Å². The molecule has 1 aliphatic heterocycles. The second kappa shape index (κ2) is 5.66. The monoisotopic (exact) mass is 337 g/mol. The van der Waals surface area contributed by atoms with Crippen molar-refractivity contribution in [3.05, 3.63) is 55.6 Å². The van der Waals surface area contributed by atoms with Gasteiger partial charge < -0.3 is 4.90 Å². The summed E-state index contributed by atoms with van der Waals surface area (Å²) >= 11 is 5.87. The molecule has 6 nitrogen and oxygen atoms in total. The van der Waals surface area contributed by atoms with Gasteiger partial charge in [-0.25, -0.2) is 4.39 Å². The normalized spacial score (nSPS) is 13.8. The van der Waals surface area contributed by atoms with Crippen LogP contribution in [0.4, 0.5) is 15.9 Å². The average Bonchev–Trinajstić information content (AvgIpc) is 2.51. The number of fused-ring (bicyclic) bond motifs is 1. The van der Waals surface area contributed by atoms with Gasteiger partial charge in [0.25, 0.3) is 5.56 Å². The molecule has 8 heteroatoms. The Kier molecular flexibility index (Phi) is 3.81. The van der Waals surface area contributed by atoms with E-state index < -0.39 is 16.3 Å². The van der Waals surface area contributed by atoms with E-state index in [1.165, 1.54) is 16.7 Å². The first-order valence-corrected chi connectivity index (χ1v) is 7.36. The van der Waals surface area contributed by atoms with E-state index in [9.17, 15) is 19.3 Å². The third-order valence-electron chi connectivity index (χ3n) is 3.89. The molecular formula is C15H13ClFN3O3. The summed E-state index contributed by atoms with van der Waals surface area (Å²) in [5, 5.41) is 11.7. The van der Waals surface area contributed by atoms with Crippen LogP contribution in [0, 0.1) is 15.9 Å². The van der Waals surface area contributed by atoms with Crippen molar-refractivity contribution in [2.75, 3.05) is 18.5 Å². The summed E-state index contributed by atoms with van der Waals surface area (Å²) in [6.07, 6.45) is 0.683. The van der Waals surface area contributed by atoms with E-state index in [-0.39, 0.29) is 27.7 Å². The fourth-order valence-electron chi connectivity index (χ4n) is 2.86. The van der Waals surface area contributed by atoms with Crippen LogP contribution in [0.3, 0.4) is 0 Å². The summed E-state index contributed by atoms with van der Waals surface area (Å²) in [7, 11) is 1.69. The summed E-state index contributed by atoms with van der Waals surface area (Å²) in [6, 6.07) is 4.93. The van der Waals surface area contributed by atoms with E-state index in [0.29, 0.717) is 19.5 Å². The fourth-order valence-corrected chi connectivity index (χ4v) is 3.03. The standard InChI is InChI=1S/C15H13ClFN3O3/c1-18-5-2-6-19-14(18)13(20(22)23)8-11(15(19)21)10-7-9(16)3-4-12(10)17/h3-4,7-8H,2,5-6H2,1H3. The number of rotatable bonds is 2. The zero-order valence-corrected chi connectivity index (χ0v) is 13.0. The van der Waals surface area contributed by atoms with Crippen LogP contribution in [0.25, 0.3) is 11.1 Å². The first-order valence-electron chi connectivity index (χ1n) is 6.99. The number of anilines is 1. The van der Waals surface area contributed by atoms with Gasteiger partial charge in [-0.15, -0.1) is 0 Å². The van der Waals surface area contributed by atoms with E-state index in [1.807, 2.05) is 0 Å². The molecule has 0 fully saturated rings. The van der Waals surface area contributed by atoms with Crippen LogP contribution in [0.2, 0.25) is 5.02 Å². The molecule has 0 saturated heterocycles. The number of aromatic nitrogens is 1. The van der Waals surface area contributed by atoms with Crippen molar-refractivity contribution in [2.24, 2.45) is 0 Å². The number of hydrogen-bond acceptors (Lipinski definition) is 4. The van der Waals surface area contributed by atoms with Gasteiger partial charge in [0.15, 0.2) is 5.82 Å². The Morgan fingerprint density at radius 3 is 2.70 bits per heavy atom. The molecule has 120 valence electrons. The molecule has 1 aromatic heterocycles. The van der Waals surface area contributed by atoms with Crippen molar-refractivity contribution >= 4 is 23.1 Å². The lowest BCUT2D eigenvalue weighted by Crippen LogP contribution is -2.36. The first-order chi connectivity index (χ1) is 10.9. The van der Waals surface area contributed by atoms with Gasteiger partial charge in [-0.2, -0.15) is 0 Å². The summed E-state index contributed by atoms with van der Waals surface area (Å²) < 4.78 is 15.4. The highest BCUT2D eigenvalue weighted by atomic mass is 35.5. The lowest BCUT2D eigenvalue weighted by atomic mass is 10.1. The molecule has 0 unspecified atom stereocenters. The molecule has 0 spiro atoms. The molecule has 1 aliphatic rings. The van der Waals surface area contributed by atoms with Gasteiger partial charge in [0.1, 0.15) is 5.82 Å². The number of nitro groups is 1. The zero-order valence-electron chi connectivity index (χ0n) is 12.3. The molecule has 23 heavy (non-hydrogen) atoms. The van der Waals surface area contributed by atoms with Gasteiger partial charge in [0.05, 0.1) is 10.5 Å². The Balaban J connectivity index is 2.35. The van der Waals surface area contributed by atoms with Crippen LogP contribution in [-0.4, -0.2) is 23.1 Å². The Hall–Kier alpha value is -2.41. The molecule has 0 radical (unpaired) electrons. The van der Waals surface area contributed by atoms with Gasteiger partial charge in [0, 0.05) is 36.8 Å². The minimum absolute atomic E-state index is 0.0332. The van der Waals surface area contributed by atoms with Gasteiger partial charge in [-0.1, -0.05) is 11.6 Å². The molecule has 0 amide bonds. The van der Waals surface area contributed by atoms with Gasteiger partial charge in [0.2, 0.25) is 0 Å². The summed E-state index contributed by atoms with van der Waals surface area (Å²) in [6.45, 7) is 0.973. The van der Waals surface area contributed by atoms with E-state index in [1.54, 1.807) is 11.9 Å². The van der Waals surface area contributed by atoms with Crippen LogP contribution < -0.4 is 10.5 Å². The van der Waals surface area contributed by atoms with Crippen LogP contribution in [-0.2, 0) is 6.54 Å². The third-order valence-corrected chi connectivity index (χ3v) is 4.13. The fraction of sp³-hybridized carbons (Fsp3) is 0.267. The van der Waals surface area contributed by atoms with E-state index in [2.05, 4.69) is 0 Å². The van der Waals surface area contributed by atoms with Crippen molar-refractivity contribution in [3.8, 4) is 11.1 Å². The second-order valence-corrected chi connectivity index (χ2v) is 5.82. The first kappa shape index (κ1) is 15.5. The van der Waals surface area contributed by atoms with Gasteiger partial charge in [-0.05, 0) is 24.6 Å². The predicted octanol–water partition coefficient (Wildman–Crippen LogP) is 3.06. The third kappa shape index (κ3) is 2.57. The van der Waals surface area contributed by atoms with E-state index >= 15 is 0 Å². The Morgan fingerprint density at radius 1 is 1.26 bits per heavy atom. The number of benzene rings is 1. The number of hydrogen-bond donors (Lipinski definition) is 0. The zero-order chi connectivity index (χ0) is 16.7. The smallest absolute Gasteiger partial charge is 0.310 e. The van der Waals surface area contributed by atoms with Crippen molar-refractivity contribution in [3.63, 3.8) is 0 Å². The largest absolute Gasteiger partial charge is 0.355 e. The van der Waals surface area contributed by atoms with Crippen molar-refractivity contribution in [2.45, 2.75) is 13.0 Å². The molecular weight excluding hydrogens is 325 g/mol. The second-order valence-electron chi connectivity index (χ2n) is 5.38. The molecule has 1 aromatic carbocycles. The summed E-state index contributed by atoms with van der Waals surface area (Å²) in [4.78, 5) is 25.2. The molecule has 0 N–H and O–H groups in total. The minimum Gasteiger partial charge on any atom is -0.355 e. The molecule has 0 atom stereocenters. The lowest BCUT2D eigenvalue weighted by molar-refractivity contribution is -0.384. The maximum atomic E-state index is 14.1. The number of nitrogens with zero attached hydrogens (tertiary/aromatic N) is 3. The highest BCUT2D eigenvalue weighted by Gasteiger charge is 2.28. The van der Waals surface area contributed by atoms with Crippen molar-refractivity contribution in [1.29, 1.82) is 0 Å². The highest BCUT2D eigenvalue weighted by Crippen LogP contribution is 2.33. The number of pyridine rings is 1. The van der Waals surface area contributed by atoms with Crippen molar-refractivity contribution in [1.82, 2.24) is 4.57 Å². The summed E-state index contributed by atoms with van der Waals surface area (Å²) in [5.74, 6) is -0.400. The highest BCUT2D eigenvalue weighted by molar-refractivity contribution is 6.30. The van der Waals surface area contributed by atoms with Gasteiger partial charge in [-0.3, -0.25) is 19.5 Å². The van der Waals surface area contributed by atoms with Crippen molar-refractivity contribution < 1.29 is 9.31 Å². The number of halogens is 2. The van der Waals surface area contributed by atoms with Gasteiger partial charge >= 0.3 is 5.69 Å². The molecule has 0 bridgehead atoms. The molecule has 3 rings (SSSR count). The quantitative estimate of drug-likeness (QED) is 0.624. The minimum atomic E-state index is -0.648. The van der Waals surface area contributed by atoms with Crippen LogP contribution in [0.15, 0.2) is 29.1 Å². The Bertz CT molecular complexity index is 866. The van der Waals surface area contributed by atoms with Crippen LogP contribution in [0.5, 0.6) is 0 Å². The Morgan fingerprint density at radius 2 is 2.00 bits per heavy atom. The molecule has 2 aromatic rings. The average molecular weight is 338 g/mol.